The fourth-order valence-corrected chi connectivity index (χ4v) is 8.90. The number of hydrogen-bond donors (Lipinski definition) is 3. The summed E-state index contributed by atoms with van der Waals surface area (Å²) in [6, 6.07) is 9.94. The van der Waals surface area contributed by atoms with Crippen molar-refractivity contribution in [1.29, 1.82) is 0 Å². The van der Waals surface area contributed by atoms with Gasteiger partial charge >= 0.3 is 24.3 Å². The highest BCUT2D eigenvalue weighted by molar-refractivity contribution is 6.33. The highest BCUT2D eigenvalue weighted by atomic mass is 35.5. The first-order valence-electron chi connectivity index (χ1n) is 21.0. The van der Waals surface area contributed by atoms with E-state index in [1.54, 1.807) is 9.80 Å². The average molecular weight is 848 g/mol. The zero-order chi connectivity index (χ0) is 42.1. The number of unbranched alkanes of at least 4 members (excludes halogenated alkanes) is 2. The van der Waals surface area contributed by atoms with Crippen molar-refractivity contribution in [2.45, 2.75) is 108 Å². The molecule has 4 heterocycles. The summed E-state index contributed by atoms with van der Waals surface area (Å²) in [6.45, 7) is 6.28. The van der Waals surface area contributed by atoms with Gasteiger partial charge in [0.25, 0.3) is 5.91 Å². The van der Waals surface area contributed by atoms with Crippen LogP contribution < -0.4 is 16.4 Å². The monoisotopic (exact) mass is 847 g/mol. The first-order chi connectivity index (χ1) is 28.3. The second-order valence-electron chi connectivity index (χ2n) is 16.0. The number of urea groups is 1. The van der Waals surface area contributed by atoms with Gasteiger partial charge in [0.15, 0.2) is 6.10 Å². The summed E-state index contributed by atoms with van der Waals surface area (Å²) in [5, 5.41) is 6.01. The lowest BCUT2D eigenvalue weighted by Gasteiger charge is -2.42. The number of rotatable bonds is 13. The van der Waals surface area contributed by atoms with Crippen molar-refractivity contribution in [2.24, 2.45) is 0 Å². The lowest BCUT2D eigenvalue weighted by atomic mass is 9.97. The van der Waals surface area contributed by atoms with Crippen molar-refractivity contribution in [3.63, 3.8) is 0 Å². The molecule has 6 rings (SSSR count). The van der Waals surface area contributed by atoms with E-state index in [2.05, 4.69) is 22.5 Å². The molecule has 1 atom stereocenters. The van der Waals surface area contributed by atoms with E-state index in [0.717, 1.165) is 62.5 Å². The van der Waals surface area contributed by atoms with E-state index in [1.807, 2.05) is 24.3 Å². The molecule has 3 fully saturated rings. The number of carbonyl (C=O) groups excluding carboxylic acids is 4. The molecule has 324 valence electrons. The minimum absolute atomic E-state index is 0.0608. The van der Waals surface area contributed by atoms with Crippen molar-refractivity contribution in [1.82, 2.24) is 24.9 Å². The molecule has 0 saturated carbocycles. The molecule has 0 bridgehead atoms. The van der Waals surface area contributed by atoms with Crippen molar-refractivity contribution in [3.8, 4) is 0 Å². The van der Waals surface area contributed by atoms with Gasteiger partial charge in [-0.15, -0.1) is 0 Å². The number of carbonyl (C=O) groups is 4. The van der Waals surface area contributed by atoms with Gasteiger partial charge in [-0.2, -0.15) is 13.2 Å². The maximum atomic E-state index is 14.2. The number of nitrogen functional groups attached to an aromatic ring is 1. The summed E-state index contributed by atoms with van der Waals surface area (Å²) < 4.78 is 52.9. The molecule has 0 unspecified atom stereocenters. The van der Waals surface area contributed by atoms with Crippen LogP contribution in [-0.4, -0.2) is 127 Å². The van der Waals surface area contributed by atoms with E-state index in [1.165, 1.54) is 11.0 Å². The van der Waals surface area contributed by atoms with Crippen LogP contribution in [0.1, 0.15) is 81.4 Å². The standard InChI is InChI=1S/C42H57ClF3N7O6/c1-2-3-6-23-58-37(54)27-48-30-10-16-50(17-11-30)31-12-18-51(19-13-31)39(55)36(26-28-24-33(42(44,45)46)38(47)34(43)25-28)59-41(57)52-20-14-32(15-21-52)53-22-9-29-7-4-5-8-35(29)49-40(53)56/h4-5,7-8,24-25,30-32,36,48H,2-3,6,9-23,26-27,47H2,1H3,(H,49,56)/t36-/m1/s1. The number of hydrogen-bond acceptors (Lipinski definition) is 9. The predicted molar refractivity (Wildman–Crippen MR) is 218 cm³/mol. The number of anilines is 2. The molecule has 59 heavy (non-hydrogen) atoms. The molecule has 13 nitrogen and oxygen atoms in total. The van der Waals surface area contributed by atoms with E-state index in [9.17, 15) is 32.3 Å². The minimum Gasteiger partial charge on any atom is -0.465 e. The summed E-state index contributed by atoms with van der Waals surface area (Å²) >= 11 is 6.15. The van der Waals surface area contributed by atoms with Gasteiger partial charge in [-0.1, -0.05) is 49.6 Å². The number of nitrogens with two attached hydrogens (primary N) is 1. The Morgan fingerprint density at radius 1 is 0.932 bits per heavy atom. The fraction of sp³-hybridized carbons (Fsp3) is 0.619. The highest BCUT2D eigenvalue weighted by Gasteiger charge is 2.38. The molecule has 4 aliphatic heterocycles. The Kier molecular flexibility index (Phi) is 15.2. The summed E-state index contributed by atoms with van der Waals surface area (Å²) in [6.07, 6.45) is 0.492. The molecule has 2 aromatic rings. The molecule has 3 saturated heterocycles. The van der Waals surface area contributed by atoms with Crippen LogP contribution in [0, 0.1) is 0 Å². The van der Waals surface area contributed by atoms with Crippen LogP contribution in [0.25, 0.3) is 0 Å². The molecule has 17 heteroatoms. The molecule has 4 aliphatic rings. The summed E-state index contributed by atoms with van der Waals surface area (Å²) in [7, 11) is 0. The number of ether oxygens (including phenoxy) is 2. The maximum absolute atomic E-state index is 14.2. The van der Waals surface area contributed by atoms with Gasteiger partial charge < -0.3 is 45.4 Å². The van der Waals surface area contributed by atoms with Gasteiger partial charge in [-0.05, 0) is 93.8 Å². The van der Waals surface area contributed by atoms with Crippen molar-refractivity contribution < 1.29 is 41.8 Å². The van der Waals surface area contributed by atoms with Crippen molar-refractivity contribution in [3.05, 3.63) is 58.1 Å². The molecule has 4 amide bonds. The van der Waals surface area contributed by atoms with Crippen LogP contribution in [0.5, 0.6) is 0 Å². The third kappa shape index (κ3) is 11.7. The second-order valence-corrected chi connectivity index (χ2v) is 16.4. The Labute approximate surface area is 349 Å². The number of esters is 1. The fourth-order valence-electron chi connectivity index (χ4n) is 8.65. The molecule has 2 aromatic carbocycles. The molecule has 0 radical (unpaired) electrons. The number of benzene rings is 2. The first kappa shape index (κ1) is 44.3. The number of fused-ring (bicyclic) bond motifs is 1. The number of halogens is 4. The van der Waals surface area contributed by atoms with E-state index < -0.39 is 35.5 Å². The van der Waals surface area contributed by atoms with Crippen LogP contribution in [0.15, 0.2) is 36.4 Å². The van der Waals surface area contributed by atoms with Crippen LogP contribution >= 0.6 is 11.6 Å². The molecular weight excluding hydrogens is 791 g/mol. The molecule has 4 N–H and O–H groups in total. The number of piperidine rings is 3. The van der Waals surface area contributed by atoms with E-state index in [4.69, 9.17) is 26.8 Å². The van der Waals surface area contributed by atoms with Crippen molar-refractivity contribution >= 4 is 47.0 Å². The normalized spacial score (nSPS) is 19.5. The van der Waals surface area contributed by atoms with E-state index in [0.29, 0.717) is 58.3 Å². The second kappa shape index (κ2) is 20.3. The number of para-hydroxylation sites is 1. The Morgan fingerprint density at radius 2 is 1.61 bits per heavy atom. The van der Waals surface area contributed by atoms with Gasteiger partial charge in [-0.3, -0.25) is 9.59 Å². The SMILES string of the molecule is CCCCCOC(=O)CNC1CCN(C2CCN(C(=O)[C@@H](Cc3cc(Cl)c(N)c(C(F)(F)F)c3)OC(=O)N3CCC(N4CCc5ccccc5NC4=O)CC3)CC2)CC1. The minimum atomic E-state index is -4.79. The smallest absolute Gasteiger partial charge is 0.418 e. The van der Waals surface area contributed by atoms with Crippen LogP contribution in [0.3, 0.4) is 0 Å². The quantitative estimate of drug-likeness (QED) is 0.120. The molecule has 0 aliphatic carbocycles. The Morgan fingerprint density at radius 3 is 2.31 bits per heavy atom. The first-order valence-corrected chi connectivity index (χ1v) is 21.4. The lowest BCUT2D eigenvalue weighted by molar-refractivity contribution is -0.143. The highest BCUT2D eigenvalue weighted by Crippen LogP contribution is 2.38. The van der Waals surface area contributed by atoms with Gasteiger partial charge in [0, 0.05) is 63.0 Å². The van der Waals surface area contributed by atoms with Crippen LogP contribution in [-0.2, 0) is 38.1 Å². The van der Waals surface area contributed by atoms with Crippen molar-refractivity contribution in [2.75, 3.05) is 70.0 Å². The van der Waals surface area contributed by atoms with Gasteiger partial charge in [0.1, 0.15) is 0 Å². The van der Waals surface area contributed by atoms with E-state index in [-0.39, 0.29) is 66.8 Å². The Bertz CT molecular complexity index is 1780. The molecule has 0 aromatic heterocycles. The molecule has 0 spiro atoms. The molecular formula is C42H57ClF3N7O6. The Balaban J connectivity index is 1.04. The number of nitrogens with zero attached hydrogens (tertiary/aromatic N) is 4. The van der Waals surface area contributed by atoms with Gasteiger partial charge in [-0.25, -0.2) is 9.59 Å². The van der Waals surface area contributed by atoms with Crippen LogP contribution in [0.4, 0.5) is 34.1 Å². The number of likely N-dealkylation sites (tertiary alicyclic amines) is 3. The third-order valence-electron chi connectivity index (χ3n) is 12.1. The summed E-state index contributed by atoms with van der Waals surface area (Å²) in [5.74, 6) is -0.724. The summed E-state index contributed by atoms with van der Waals surface area (Å²) in [4.78, 5) is 60.4. The number of alkyl halides is 3. The zero-order valence-electron chi connectivity index (χ0n) is 33.7. The van der Waals surface area contributed by atoms with Crippen LogP contribution in [0.2, 0.25) is 5.02 Å². The number of amides is 4. The Hall–Kier alpha value is -4.28. The van der Waals surface area contributed by atoms with Gasteiger partial charge in [0.05, 0.1) is 29.4 Å². The third-order valence-corrected chi connectivity index (χ3v) is 12.4. The zero-order valence-corrected chi connectivity index (χ0v) is 34.5. The maximum Gasteiger partial charge on any atom is 0.418 e. The number of nitrogens with one attached hydrogen (secondary N) is 2. The lowest BCUT2D eigenvalue weighted by Crippen LogP contribution is -2.54. The topological polar surface area (TPSA) is 150 Å². The summed E-state index contributed by atoms with van der Waals surface area (Å²) in [5.41, 5.74) is 5.85. The largest absolute Gasteiger partial charge is 0.465 e. The average Bonchev–Trinajstić information content (AvgIpc) is 3.40. The van der Waals surface area contributed by atoms with Gasteiger partial charge in [0.2, 0.25) is 0 Å². The predicted octanol–water partition coefficient (Wildman–Crippen LogP) is 6.32. The van der Waals surface area contributed by atoms with E-state index >= 15 is 0 Å².